The van der Waals surface area contributed by atoms with Crippen LogP contribution in [0.3, 0.4) is 0 Å². The Bertz CT molecular complexity index is 886. The number of nitrogens with zero attached hydrogens (tertiary/aromatic N) is 2. The van der Waals surface area contributed by atoms with Gasteiger partial charge < -0.3 is 24.7 Å². The maximum Gasteiger partial charge on any atom is 0.356 e. The number of fused-ring (bicyclic) bond motifs is 1. The number of esters is 1. The van der Waals surface area contributed by atoms with Crippen LogP contribution in [-0.2, 0) is 21.3 Å². The highest BCUT2D eigenvalue weighted by Gasteiger charge is 2.25. The number of carbonyl (C=O) groups excluding carboxylic acids is 2. The van der Waals surface area contributed by atoms with E-state index in [0.29, 0.717) is 28.7 Å². The minimum Gasteiger partial charge on any atom is -0.464 e. The Labute approximate surface area is 171 Å². The van der Waals surface area contributed by atoms with E-state index in [2.05, 4.69) is 22.5 Å². The molecule has 1 fully saturated rings. The van der Waals surface area contributed by atoms with Crippen molar-refractivity contribution in [2.75, 3.05) is 31.5 Å². The molecule has 2 N–H and O–H groups in total. The number of carbonyl (C=O) groups is 2. The molecule has 2 heterocycles. The van der Waals surface area contributed by atoms with Gasteiger partial charge in [-0.2, -0.15) is 0 Å². The minimum absolute atomic E-state index is 0.110. The number of aryl methyl sites for hydroxylation is 1. The molecule has 1 aliphatic rings. The van der Waals surface area contributed by atoms with Crippen LogP contribution in [-0.4, -0.2) is 48.3 Å². The van der Waals surface area contributed by atoms with Crippen molar-refractivity contribution in [3.63, 3.8) is 0 Å². The smallest absolute Gasteiger partial charge is 0.356 e. The number of hydrogen-bond acceptors (Lipinski definition) is 6. The molecule has 1 unspecified atom stereocenters. The third-order valence-corrected chi connectivity index (χ3v) is 5.70. The average Bonchev–Trinajstić information content (AvgIpc) is 2.99. The molecule has 0 aliphatic heterocycles. The van der Waals surface area contributed by atoms with E-state index < -0.39 is 5.97 Å². The van der Waals surface area contributed by atoms with Gasteiger partial charge in [-0.3, -0.25) is 4.79 Å². The lowest BCUT2D eigenvalue weighted by atomic mass is 9.84. The molecule has 3 rings (SSSR count). The molecular weight excluding hydrogens is 372 g/mol. The van der Waals surface area contributed by atoms with Crippen molar-refractivity contribution in [1.82, 2.24) is 9.55 Å². The van der Waals surface area contributed by atoms with Gasteiger partial charge in [0.2, 0.25) is 5.91 Å². The largest absolute Gasteiger partial charge is 0.464 e. The summed E-state index contributed by atoms with van der Waals surface area (Å²) in [5, 5.41) is 7.02. The van der Waals surface area contributed by atoms with E-state index in [4.69, 9.17) is 9.47 Å². The van der Waals surface area contributed by atoms with Gasteiger partial charge in [-0.25, -0.2) is 9.78 Å². The summed E-state index contributed by atoms with van der Waals surface area (Å²) in [6.07, 6.45) is 8.13. The van der Waals surface area contributed by atoms with Crippen LogP contribution >= 0.6 is 0 Å². The highest BCUT2D eigenvalue weighted by molar-refractivity contribution is 6.11. The normalized spacial score (nSPS) is 15.9. The number of nitrogens with one attached hydrogen (secondary N) is 2. The third kappa shape index (κ3) is 4.53. The van der Waals surface area contributed by atoms with Gasteiger partial charge in [0.25, 0.3) is 0 Å². The standard InChI is InChI=1S/C21H30N4O4/c1-13(14-8-6-5-7-9-14)23-15-10-16-18(24-17(26)12-28-3)19(21(27)29-4)25(2)20(16)22-11-15/h10-11,13-14,23H,5-9,12H2,1-4H3,(H,24,26). The molecule has 2 aromatic rings. The van der Waals surface area contributed by atoms with Crippen molar-refractivity contribution in [3.05, 3.63) is 18.0 Å². The molecule has 1 aliphatic carbocycles. The Kier molecular flexibility index (Phi) is 6.74. The Morgan fingerprint density at radius 3 is 2.66 bits per heavy atom. The highest BCUT2D eigenvalue weighted by atomic mass is 16.5. The Hall–Kier alpha value is -2.61. The van der Waals surface area contributed by atoms with Gasteiger partial charge in [0.15, 0.2) is 5.69 Å². The zero-order valence-corrected chi connectivity index (χ0v) is 17.6. The Morgan fingerprint density at radius 1 is 1.28 bits per heavy atom. The van der Waals surface area contributed by atoms with Crippen LogP contribution in [0.15, 0.2) is 12.3 Å². The van der Waals surface area contributed by atoms with Gasteiger partial charge in [-0.05, 0) is 31.7 Å². The first-order valence-electron chi connectivity index (χ1n) is 10.1. The van der Waals surface area contributed by atoms with Crippen LogP contribution in [0.2, 0.25) is 0 Å². The first-order valence-corrected chi connectivity index (χ1v) is 10.1. The summed E-state index contributed by atoms with van der Waals surface area (Å²) in [6.45, 7) is 2.09. The van der Waals surface area contributed by atoms with Gasteiger partial charge in [0, 0.05) is 25.6 Å². The van der Waals surface area contributed by atoms with Gasteiger partial charge >= 0.3 is 5.97 Å². The second-order valence-electron chi connectivity index (χ2n) is 7.68. The molecular formula is C21H30N4O4. The van der Waals surface area contributed by atoms with Crippen molar-refractivity contribution in [1.29, 1.82) is 0 Å². The van der Waals surface area contributed by atoms with Crippen molar-refractivity contribution in [3.8, 4) is 0 Å². The molecule has 0 bridgehead atoms. The lowest BCUT2D eigenvalue weighted by Gasteiger charge is -2.28. The van der Waals surface area contributed by atoms with Crippen molar-refractivity contribution >= 4 is 34.3 Å². The van der Waals surface area contributed by atoms with Gasteiger partial charge in [0.05, 0.1) is 24.7 Å². The van der Waals surface area contributed by atoms with Crippen LogP contribution in [0.5, 0.6) is 0 Å². The Morgan fingerprint density at radius 2 is 2.00 bits per heavy atom. The van der Waals surface area contributed by atoms with Crippen LogP contribution in [0.25, 0.3) is 11.0 Å². The Balaban J connectivity index is 1.96. The summed E-state index contributed by atoms with van der Waals surface area (Å²) >= 11 is 0. The van der Waals surface area contributed by atoms with E-state index in [1.54, 1.807) is 17.8 Å². The maximum atomic E-state index is 12.4. The number of ether oxygens (including phenoxy) is 2. The van der Waals surface area contributed by atoms with E-state index in [1.807, 2.05) is 6.07 Å². The van der Waals surface area contributed by atoms with E-state index in [0.717, 1.165) is 5.69 Å². The van der Waals surface area contributed by atoms with Crippen molar-refractivity contribution in [2.24, 2.45) is 13.0 Å². The zero-order valence-electron chi connectivity index (χ0n) is 17.6. The van der Waals surface area contributed by atoms with Crippen LogP contribution in [0.1, 0.15) is 49.5 Å². The van der Waals surface area contributed by atoms with Crippen molar-refractivity contribution < 1.29 is 19.1 Å². The third-order valence-electron chi connectivity index (χ3n) is 5.70. The fraction of sp³-hybridized carbons (Fsp3) is 0.571. The molecule has 1 saturated carbocycles. The summed E-state index contributed by atoms with van der Waals surface area (Å²) in [6, 6.07) is 2.25. The average molecular weight is 402 g/mol. The topological polar surface area (TPSA) is 94.5 Å². The predicted molar refractivity (Wildman–Crippen MR) is 112 cm³/mol. The lowest BCUT2D eigenvalue weighted by Crippen LogP contribution is -2.27. The molecule has 1 amide bonds. The second kappa shape index (κ2) is 9.26. The summed E-state index contributed by atoms with van der Waals surface area (Å²) in [5.41, 5.74) is 2.09. The molecule has 8 heteroatoms. The molecule has 8 nitrogen and oxygen atoms in total. The zero-order chi connectivity index (χ0) is 21.0. The quantitative estimate of drug-likeness (QED) is 0.690. The van der Waals surface area contributed by atoms with E-state index in [-0.39, 0.29) is 18.2 Å². The summed E-state index contributed by atoms with van der Waals surface area (Å²) in [7, 11) is 4.48. The molecule has 29 heavy (non-hydrogen) atoms. The molecule has 0 radical (unpaired) electrons. The number of hydrogen-bond donors (Lipinski definition) is 2. The summed E-state index contributed by atoms with van der Waals surface area (Å²) in [5.74, 6) is -0.246. The van der Waals surface area contributed by atoms with E-state index >= 15 is 0 Å². The molecule has 158 valence electrons. The van der Waals surface area contributed by atoms with Crippen LogP contribution < -0.4 is 10.6 Å². The maximum absolute atomic E-state index is 12.4. The second-order valence-corrected chi connectivity index (χ2v) is 7.68. The fourth-order valence-corrected chi connectivity index (χ4v) is 4.17. The minimum atomic E-state index is -0.539. The van der Waals surface area contributed by atoms with Gasteiger partial charge in [-0.1, -0.05) is 19.3 Å². The fourth-order valence-electron chi connectivity index (χ4n) is 4.17. The van der Waals surface area contributed by atoms with Crippen LogP contribution in [0, 0.1) is 5.92 Å². The first kappa shape index (κ1) is 21.1. The van der Waals surface area contributed by atoms with Gasteiger partial charge in [0.1, 0.15) is 12.3 Å². The number of amides is 1. The number of anilines is 2. The van der Waals surface area contributed by atoms with Crippen LogP contribution in [0.4, 0.5) is 11.4 Å². The summed E-state index contributed by atoms with van der Waals surface area (Å²) in [4.78, 5) is 29.1. The molecule has 0 spiro atoms. The monoisotopic (exact) mass is 402 g/mol. The van der Waals surface area contributed by atoms with Gasteiger partial charge in [-0.15, -0.1) is 0 Å². The molecule has 1 atom stereocenters. The van der Waals surface area contributed by atoms with E-state index in [9.17, 15) is 9.59 Å². The van der Waals surface area contributed by atoms with E-state index in [1.165, 1.54) is 46.3 Å². The molecule has 0 saturated heterocycles. The number of aromatic nitrogens is 2. The summed E-state index contributed by atoms with van der Waals surface area (Å²) < 4.78 is 11.5. The SMILES string of the molecule is COCC(=O)Nc1c(C(=O)OC)n(C)c2ncc(NC(C)C3CCCCC3)cc12. The van der Waals surface area contributed by atoms with Crippen molar-refractivity contribution in [2.45, 2.75) is 45.1 Å². The number of pyridine rings is 1. The predicted octanol–water partition coefficient (Wildman–Crippen LogP) is 3.33. The molecule has 2 aromatic heterocycles. The highest BCUT2D eigenvalue weighted by Crippen LogP contribution is 2.33. The number of rotatable bonds is 7. The number of methoxy groups -OCH3 is 2. The lowest BCUT2D eigenvalue weighted by molar-refractivity contribution is -0.119. The first-order chi connectivity index (χ1) is 14.0. The molecule has 0 aromatic carbocycles.